The zero-order chi connectivity index (χ0) is 32.4. The number of carboxylic acid groups (broad SMARTS) is 1. The third kappa shape index (κ3) is 8.95. The molecule has 0 aliphatic heterocycles. The van der Waals surface area contributed by atoms with Gasteiger partial charge < -0.3 is 26.0 Å². The Morgan fingerprint density at radius 3 is 2.32 bits per heavy atom. The molecule has 0 aliphatic carbocycles. The minimum Gasteiger partial charge on any atom is -0.494 e. The molecule has 0 heterocycles. The Hall–Kier alpha value is -4.12. The van der Waals surface area contributed by atoms with E-state index in [4.69, 9.17) is 42.6 Å². The number of carboxylic acids is 1. The van der Waals surface area contributed by atoms with Crippen LogP contribution in [0.5, 0.6) is 11.5 Å². The van der Waals surface area contributed by atoms with Gasteiger partial charge in [0.05, 0.1) is 50.7 Å². The molecule has 1 atom stereocenters. The Kier molecular flexibility index (Phi) is 12.6. The summed E-state index contributed by atoms with van der Waals surface area (Å²) in [6.45, 7) is 3.43. The van der Waals surface area contributed by atoms with Gasteiger partial charge in [0.2, 0.25) is 0 Å². The molecule has 20 heteroatoms. The van der Waals surface area contributed by atoms with Crippen molar-refractivity contribution in [2.45, 2.75) is 18.7 Å². The fraction of sp³-hybridized carbons (Fsp3) is 0.167. The highest BCUT2D eigenvalue weighted by Gasteiger charge is 2.21. The molecule has 0 radical (unpaired) electrons. The van der Waals surface area contributed by atoms with Crippen LogP contribution in [0.3, 0.4) is 0 Å². The first kappa shape index (κ1) is 34.4. The molecule has 0 spiro atoms. The zero-order valence-corrected chi connectivity index (χ0v) is 25.4. The molecule has 17 nitrogen and oxygen atoms in total. The Balaban J connectivity index is 1.99. The zero-order valence-electron chi connectivity index (χ0n) is 22.9. The van der Waals surface area contributed by atoms with Crippen molar-refractivity contribution in [3.63, 3.8) is 0 Å². The van der Waals surface area contributed by atoms with Crippen LogP contribution >= 0.6 is 12.0 Å². The average molecular weight is 669 g/mol. The lowest BCUT2D eigenvalue weighted by molar-refractivity contribution is -0.433. The van der Waals surface area contributed by atoms with Gasteiger partial charge in [-0.05, 0) is 60.4 Å². The van der Waals surface area contributed by atoms with E-state index in [-0.39, 0.29) is 56.9 Å². The molecule has 0 saturated heterocycles. The first-order chi connectivity index (χ1) is 21.0. The third-order valence-electron chi connectivity index (χ3n) is 5.40. The monoisotopic (exact) mass is 668 g/mol. The van der Waals surface area contributed by atoms with Crippen molar-refractivity contribution in [1.29, 1.82) is 0 Å². The van der Waals surface area contributed by atoms with E-state index in [1.165, 1.54) is 19.2 Å². The average Bonchev–Trinajstić information content (AvgIpc) is 2.97. The minimum absolute atomic E-state index is 0.0988. The maximum atomic E-state index is 12.2. The van der Waals surface area contributed by atoms with Crippen molar-refractivity contribution in [2.75, 3.05) is 24.3 Å². The van der Waals surface area contributed by atoms with Crippen LogP contribution in [0.15, 0.2) is 61.8 Å². The van der Waals surface area contributed by atoms with Crippen molar-refractivity contribution in [3.8, 4) is 11.5 Å². The number of esters is 1. The normalized spacial score (nSPS) is 12.1. The van der Waals surface area contributed by atoms with Crippen molar-refractivity contribution >= 4 is 79.0 Å². The van der Waals surface area contributed by atoms with E-state index >= 15 is 0 Å². The van der Waals surface area contributed by atoms with Gasteiger partial charge in [-0.2, -0.15) is 0 Å². The van der Waals surface area contributed by atoms with Crippen molar-refractivity contribution < 1.29 is 53.4 Å². The molecular formula is C24H24N6O11S3. The maximum Gasteiger partial charge on any atom is 0.338 e. The van der Waals surface area contributed by atoms with Gasteiger partial charge >= 0.3 is 11.9 Å². The Morgan fingerprint density at radius 1 is 0.955 bits per heavy atom. The second-order valence-corrected chi connectivity index (χ2v) is 11.3. The van der Waals surface area contributed by atoms with Crippen molar-refractivity contribution in [2.24, 2.45) is 20.5 Å². The molecule has 0 saturated carbocycles. The fourth-order valence-electron chi connectivity index (χ4n) is 3.43. The predicted octanol–water partition coefficient (Wildman–Crippen LogP) is 5.76. The van der Waals surface area contributed by atoms with Gasteiger partial charge in [0.25, 0.3) is 0 Å². The number of benzene rings is 3. The lowest BCUT2D eigenvalue weighted by Crippen LogP contribution is -2.18. The van der Waals surface area contributed by atoms with Gasteiger partial charge in [-0.15, -0.1) is 29.1 Å². The number of nitrogens with zero attached hydrogens (tertiary/aromatic N) is 4. The molecule has 0 bridgehead atoms. The van der Waals surface area contributed by atoms with E-state index in [9.17, 15) is 14.7 Å². The predicted molar refractivity (Wildman–Crippen MR) is 160 cm³/mol. The van der Waals surface area contributed by atoms with Gasteiger partial charge in [-0.25, -0.2) is 15.3 Å². The molecule has 0 fully saturated rings. The van der Waals surface area contributed by atoms with Crippen LogP contribution in [0.25, 0.3) is 0 Å². The lowest BCUT2D eigenvalue weighted by Gasteiger charge is -2.12. The number of aryl methyl sites for hydroxylation is 2. The summed E-state index contributed by atoms with van der Waals surface area (Å²) >= 11 is 5.46. The van der Waals surface area contributed by atoms with Gasteiger partial charge in [0, 0.05) is 6.07 Å². The molecular weight excluding hydrogens is 644 g/mol. The summed E-state index contributed by atoms with van der Waals surface area (Å²) in [6, 6.07) is 8.97. The molecule has 0 aliphatic rings. The molecule has 1 unspecified atom stereocenters. The first-order valence-corrected chi connectivity index (χ1v) is 14.8. The van der Waals surface area contributed by atoms with Crippen molar-refractivity contribution in [3.05, 3.63) is 53.1 Å². The number of hydrogen-bond acceptors (Lipinski definition) is 18. The molecule has 234 valence electrons. The number of anilines is 2. The van der Waals surface area contributed by atoms with Crippen LogP contribution < -0.4 is 20.9 Å². The van der Waals surface area contributed by atoms with Gasteiger partial charge in [-0.3, -0.25) is 4.79 Å². The first-order valence-electron chi connectivity index (χ1n) is 11.8. The van der Waals surface area contributed by atoms with Crippen molar-refractivity contribution in [1.82, 2.24) is 0 Å². The number of carbonyl (C=O) groups excluding carboxylic acids is 1. The van der Waals surface area contributed by atoms with E-state index in [0.29, 0.717) is 22.5 Å². The number of carbonyl (C=O) groups is 2. The second kappa shape index (κ2) is 16.1. The van der Waals surface area contributed by atoms with E-state index < -0.39 is 21.7 Å². The number of nitrogens with two attached hydrogens (primary N) is 2. The van der Waals surface area contributed by atoms with E-state index in [1.54, 1.807) is 25.1 Å². The van der Waals surface area contributed by atoms with Crippen LogP contribution in [-0.4, -0.2) is 40.4 Å². The lowest BCUT2D eigenvalue weighted by atomic mass is 10.1. The molecule has 0 aromatic heterocycles. The standard InChI is InChI=1S/C24H24N6O11S3/c1-11-4-5-15(19(6-11)43-40-38-34)27-29-22-13(24(32)33)8-14(25)23(21(22)26)30-28-16-7-12(2)17(9-18(16)36-3)37-20(31)10-44(42)41-39-35/h4-9,34-35H,10,25-26H2,1-3H3,(H,32,33). The van der Waals surface area contributed by atoms with Crippen LogP contribution in [0.2, 0.25) is 0 Å². The molecule has 3 aromatic rings. The summed E-state index contributed by atoms with van der Waals surface area (Å²) in [4.78, 5) is 24.5. The molecule has 7 N–H and O–H groups in total. The molecule has 44 heavy (non-hydrogen) atoms. The number of hydrogen-bond donors (Lipinski definition) is 5. The van der Waals surface area contributed by atoms with Gasteiger partial charge in [0.1, 0.15) is 40.0 Å². The van der Waals surface area contributed by atoms with Crippen LogP contribution in [0, 0.1) is 13.8 Å². The third-order valence-corrected chi connectivity index (χ3v) is 7.24. The quantitative estimate of drug-likeness (QED) is 0.0260. The number of azo groups is 2. The summed E-state index contributed by atoms with van der Waals surface area (Å²) < 4.78 is 19.4. The number of methoxy groups -OCH3 is 1. The fourth-order valence-corrected chi connectivity index (χ4v) is 4.69. The number of nitrogen functional groups attached to an aromatic ring is 2. The topological polar surface area (TPSA) is 252 Å². The summed E-state index contributed by atoms with van der Waals surface area (Å²) in [5.74, 6) is -2.24. The van der Waals surface area contributed by atoms with Crippen LogP contribution in [0.4, 0.5) is 34.1 Å². The van der Waals surface area contributed by atoms with Gasteiger partial charge in [0.15, 0.2) is 0 Å². The largest absolute Gasteiger partial charge is 0.494 e. The number of rotatable bonds is 14. The van der Waals surface area contributed by atoms with E-state index in [1.807, 2.05) is 6.92 Å². The minimum atomic E-state index is -1.47. The summed E-state index contributed by atoms with van der Waals surface area (Å²) in [6.07, 6.45) is 0. The Morgan fingerprint density at radius 2 is 1.66 bits per heavy atom. The molecule has 3 aromatic carbocycles. The number of ether oxygens (including phenoxy) is 2. The highest BCUT2D eigenvalue weighted by atomic mass is 32.8. The van der Waals surface area contributed by atoms with Gasteiger partial charge in [-0.1, -0.05) is 16.1 Å². The number of aromatic carboxylic acids is 1. The van der Waals surface area contributed by atoms with Crippen LogP contribution in [0.1, 0.15) is 21.5 Å². The highest BCUT2D eigenvalue weighted by Crippen LogP contribution is 2.43. The Labute approximate surface area is 260 Å². The summed E-state index contributed by atoms with van der Waals surface area (Å²) in [5.41, 5.74) is 13.0. The maximum absolute atomic E-state index is 12.2. The smallest absolute Gasteiger partial charge is 0.338 e. The van der Waals surface area contributed by atoms with Crippen LogP contribution in [-0.2, 0) is 44.5 Å². The van der Waals surface area contributed by atoms with E-state index in [2.05, 4.69) is 39.2 Å². The molecule has 3 rings (SSSR count). The Bertz CT molecular complexity index is 1640. The SMILES string of the molecule is COc1cc(OC(=O)CS(=S)OOO)c(C)cc1N=Nc1c(N)cc(C(=O)O)c(N=Nc2ccc(C)cc2SOOO)c1N. The summed E-state index contributed by atoms with van der Waals surface area (Å²) in [7, 11) is -0.120. The highest BCUT2D eigenvalue weighted by molar-refractivity contribution is 8.26. The summed E-state index contributed by atoms with van der Waals surface area (Å²) in [5, 5.41) is 50.1. The van der Waals surface area contributed by atoms with E-state index in [0.717, 1.165) is 11.6 Å². The second-order valence-electron chi connectivity index (χ2n) is 8.38. The molecule has 0 amide bonds.